The number of carbonyl (C=O) groups is 2. The molecule has 0 aromatic rings. The quantitative estimate of drug-likeness (QED) is 0.569. The molecule has 1 N–H and O–H groups in total. The molecule has 0 radical (unpaired) electrons. The van der Waals surface area contributed by atoms with Crippen LogP contribution in [-0.4, -0.2) is 42.1 Å². The first-order valence-corrected chi connectivity index (χ1v) is 4.66. The summed E-state index contributed by atoms with van der Waals surface area (Å²) in [7, 11) is 1.66. The topological polar surface area (TPSA) is 66.8 Å². The lowest BCUT2D eigenvalue weighted by molar-refractivity contribution is -0.139. The van der Waals surface area contributed by atoms with Gasteiger partial charge >= 0.3 is 5.97 Å². The summed E-state index contributed by atoms with van der Waals surface area (Å²) >= 11 is 0. The molecular formula is C11H19NO4. The van der Waals surface area contributed by atoms with Crippen LogP contribution in [0.3, 0.4) is 0 Å². The van der Waals surface area contributed by atoms with Crippen LogP contribution in [0.4, 0.5) is 0 Å². The standard InChI is InChI=1S/C6H10O3.C5H9NO/c1-5(2)6(8)9-4-3-7;1-4-6(3)5(2)7/h7H,1,3-4H2,2H3;4H,1H2,2-3H3. The fraction of sp³-hybridized carbons (Fsp3) is 0.455. The molecule has 16 heavy (non-hydrogen) atoms. The predicted octanol–water partition coefficient (Wildman–Crippen LogP) is 0.706. The van der Waals surface area contributed by atoms with Crippen molar-refractivity contribution in [1.82, 2.24) is 4.90 Å². The maximum absolute atomic E-state index is 10.5. The third-order valence-corrected chi connectivity index (χ3v) is 1.44. The van der Waals surface area contributed by atoms with Crippen LogP contribution in [0.25, 0.3) is 0 Å². The SMILES string of the molecule is C=C(C)C(=O)OCCO.C=CN(C)C(C)=O. The lowest BCUT2D eigenvalue weighted by Gasteiger charge is -2.04. The van der Waals surface area contributed by atoms with Gasteiger partial charge in [0.2, 0.25) is 5.91 Å². The van der Waals surface area contributed by atoms with E-state index >= 15 is 0 Å². The van der Waals surface area contributed by atoms with Crippen molar-refractivity contribution in [1.29, 1.82) is 0 Å². The highest BCUT2D eigenvalue weighted by molar-refractivity contribution is 5.86. The Morgan fingerprint density at radius 1 is 1.44 bits per heavy atom. The van der Waals surface area contributed by atoms with Gasteiger partial charge in [-0.25, -0.2) is 4.79 Å². The summed E-state index contributed by atoms with van der Waals surface area (Å²) in [5.41, 5.74) is 0.350. The van der Waals surface area contributed by atoms with Crippen molar-refractivity contribution in [2.75, 3.05) is 20.3 Å². The van der Waals surface area contributed by atoms with Crippen molar-refractivity contribution in [2.24, 2.45) is 0 Å². The Morgan fingerprint density at radius 3 is 2.12 bits per heavy atom. The lowest BCUT2D eigenvalue weighted by atomic mass is 10.4. The molecule has 0 aromatic heterocycles. The molecule has 0 aromatic carbocycles. The highest BCUT2D eigenvalue weighted by atomic mass is 16.5. The summed E-state index contributed by atoms with van der Waals surface area (Å²) < 4.78 is 4.46. The third kappa shape index (κ3) is 10.5. The third-order valence-electron chi connectivity index (χ3n) is 1.44. The number of aliphatic hydroxyl groups excluding tert-OH is 1. The molecule has 5 nitrogen and oxygen atoms in total. The Balaban J connectivity index is 0. The number of ether oxygens (including phenoxy) is 1. The van der Waals surface area contributed by atoms with E-state index in [1.807, 2.05) is 0 Å². The molecule has 0 rings (SSSR count). The molecule has 0 fully saturated rings. The van der Waals surface area contributed by atoms with Gasteiger partial charge in [0.05, 0.1) is 6.61 Å². The van der Waals surface area contributed by atoms with Gasteiger partial charge < -0.3 is 14.7 Å². The Hall–Kier alpha value is -1.62. The van der Waals surface area contributed by atoms with Crippen molar-refractivity contribution in [3.05, 3.63) is 24.9 Å². The van der Waals surface area contributed by atoms with E-state index in [0.717, 1.165) is 0 Å². The summed E-state index contributed by atoms with van der Waals surface area (Å²) in [6.45, 7) is 9.69. The van der Waals surface area contributed by atoms with Crippen molar-refractivity contribution < 1.29 is 19.4 Å². The van der Waals surface area contributed by atoms with Gasteiger partial charge in [-0.15, -0.1) is 0 Å². The van der Waals surface area contributed by atoms with Crippen LogP contribution in [0.15, 0.2) is 24.9 Å². The first kappa shape index (κ1) is 16.8. The fourth-order valence-electron chi connectivity index (χ4n) is 0.390. The molecule has 5 heteroatoms. The van der Waals surface area contributed by atoms with Crippen molar-refractivity contribution in [3.8, 4) is 0 Å². The number of carbonyl (C=O) groups excluding carboxylic acids is 2. The number of aliphatic hydroxyl groups is 1. The summed E-state index contributed by atoms with van der Waals surface area (Å²) in [4.78, 5) is 22.1. The summed E-state index contributed by atoms with van der Waals surface area (Å²) in [6, 6.07) is 0. The molecule has 0 aliphatic rings. The molecule has 0 unspecified atom stereocenters. The lowest BCUT2D eigenvalue weighted by Crippen LogP contribution is -2.15. The minimum atomic E-state index is -0.455. The highest BCUT2D eigenvalue weighted by Crippen LogP contribution is 1.89. The predicted molar refractivity (Wildman–Crippen MR) is 61.5 cm³/mol. The average molecular weight is 229 g/mol. The Morgan fingerprint density at radius 2 is 1.94 bits per heavy atom. The zero-order valence-corrected chi connectivity index (χ0v) is 10.0. The van der Waals surface area contributed by atoms with Crippen LogP contribution in [0, 0.1) is 0 Å². The molecule has 0 spiro atoms. The fourth-order valence-corrected chi connectivity index (χ4v) is 0.390. The van der Waals surface area contributed by atoms with Gasteiger partial charge in [-0.1, -0.05) is 13.2 Å². The van der Waals surface area contributed by atoms with Gasteiger partial charge in [0, 0.05) is 19.5 Å². The molecule has 0 heterocycles. The smallest absolute Gasteiger partial charge is 0.333 e. The number of amides is 1. The van der Waals surface area contributed by atoms with E-state index in [4.69, 9.17) is 5.11 Å². The number of esters is 1. The maximum Gasteiger partial charge on any atom is 0.333 e. The van der Waals surface area contributed by atoms with Gasteiger partial charge in [-0.3, -0.25) is 4.79 Å². The van der Waals surface area contributed by atoms with Crippen LogP contribution < -0.4 is 0 Å². The number of rotatable bonds is 4. The van der Waals surface area contributed by atoms with E-state index in [9.17, 15) is 9.59 Å². The maximum atomic E-state index is 10.5. The van der Waals surface area contributed by atoms with E-state index in [1.54, 1.807) is 14.0 Å². The Kier molecular flexibility index (Phi) is 10.4. The van der Waals surface area contributed by atoms with E-state index < -0.39 is 5.97 Å². The van der Waals surface area contributed by atoms with Crippen LogP contribution in [0.5, 0.6) is 0 Å². The first-order valence-electron chi connectivity index (χ1n) is 4.66. The van der Waals surface area contributed by atoms with Crippen LogP contribution in [-0.2, 0) is 14.3 Å². The molecule has 0 saturated carbocycles. The minimum Gasteiger partial charge on any atom is -0.460 e. The van der Waals surface area contributed by atoms with Crippen LogP contribution in [0.2, 0.25) is 0 Å². The highest BCUT2D eigenvalue weighted by Gasteiger charge is 1.99. The second-order valence-corrected chi connectivity index (χ2v) is 2.95. The van der Waals surface area contributed by atoms with Gasteiger partial charge in [-0.05, 0) is 13.1 Å². The van der Waals surface area contributed by atoms with Crippen molar-refractivity contribution >= 4 is 11.9 Å². The summed E-state index contributed by atoms with van der Waals surface area (Å²) in [5, 5.41) is 8.19. The largest absolute Gasteiger partial charge is 0.460 e. The van der Waals surface area contributed by atoms with Gasteiger partial charge in [0.25, 0.3) is 0 Å². The molecule has 0 saturated heterocycles. The van der Waals surface area contributed by atoms with Crippen LogP contribution >= 0.6 is 0 Å². The number of hydrogen-bond acceptors (Lipinski definition) is 4. The van der Waals surface area contributed by atoms with Crippen molar-refractivity contribution in [3.63, 3.8) is 0 Å². The minimum absolute atomic E-state index is 0.00926. The van der Waals surface area contributed by atoms with E-state index in [1.165, 1.54) is 18.0 Å². The van der Waals surface area contributed by atoms with E-state index in [2.05, 4.69) is 17.9 Å². The van der Waals surface area contributed by atoms with E-state index in [-0.39, 0.29) is 19.1 Å². The molecule has 0 aliphatic carbocycles. The second-order valence-electron chi connectivity index (χ2n) is 2.95. The second kappa shape index (κ2) is 9.92. The molecule has 0 aliphatic heterocycles. The van der Waals surface area contributed by atoms with Gasteiger partial charge in [-0.2, -0.15) is 0 Å². The van der Waals surface area contributed by atoms with Gasteiger partial charge in [0.1, 0.15) is 6.61 Å². The Labute approximate surface area is 96.0 Å². The average Bonchev–Trinajstić information content (AvgIpc) is 2.25. The molecule has 0 atom stereocenters. The Bertz CT molecular complexity index is 261. The zero-order valence-electron chi connectivity index (χ0n) is 10.0. The normalized spacial score (nSPS) is 8.25. The molecule has 0 bridgehead atoms. The van der Waals surface area contributed by atoms with E-state index in [0.29, 0.717) is 5.57 Å². The summed E-state index contributed by atoms with van der Waals surface area (Å²) in [5.74, 6) is -0.445. The zero-order chi connectivity index (χ0) is 13.1. The first-order chi connectivity index (χ1) is 7.36. The molecular weight excluding hydrogens is 210 g/mol. The monoisotopic (exact) mass is 229 g/mol. The number of hydrogen-bond donors (Lipinski definition) is 1. The molecule has 92 valence electrons. The number of nitrogens with zero attached hydrogens (tertiary/aromatic N) is 1. The molecule has 1 amide bonds. The van der Waals surface area contributed by atoms with Gasteiger partial charge in [0.15, 0.2) is 0 Å². The summed E-state index contributed by atoms with van der Waals surface area (Å²) in [6.07, 6.45) is 1.47. The van der Waals surface area contributed by atoms with Crippen LogP contribution in [0.1, 0.15) is 13.8 Å². The van der Waals surface area contributed by atoms with Crippen molar-refractivity contribution in [2.45, 2.75) is 13.8 Å².